The number of hydrogen-bond donors (Lipinski definition) is 3. The molecule has 1 heterocycles. The molecule has 0 aliphatic heterocycles. The number of hydrogen-bond acceptors (Lipinski definition) is 6. The van der Waals surface area contributed by atoms with E-state index in [1.807, 2.05) is 6.08 Å². The van der Waals surface area contributed by atoms with E-state index >= 15 is 0 Å². The summed E-state index contributed by atoms with van der Waals surface area (Å²) >= 11 is 1.11. The number of ether oxygens (including phenoxy) is 1. The molecule has 3 N–H and O–H groups in total. The van der Waals surface area contributed by atoms with Gasteiger partial charge in [-0.05, 0) is 19.3 Å². The predicted octanol–water partition coefficient (Wildman–Crippen LogP) is 0.961. The van der Waals surface area contributed by atoms with Crippen molar-refractivity contribution >= 4 is 17.2 Å². The minimum absolute atomic E-state index is 0.0490. The smallest absolute Gasteiger partial charge is 0.273 e. The van der Waals surface area contributed by atoms with E-state index in [1.54, 1.807) is 0 Å². The number of nitrogens with zero attached hydrogens (tertiary/aromatic N) is 1. The standard InChI is InChI=1S/C13H20N2O4S/c1-2-3-4-5-6-14-12(18)11-7-15-13(20-11)19-9-10(17)8-16/h2,7,10,16-17H,1,3-6,8-9H2,(H,14,18). The van der Waals surface area contributed by atoms with E-state index in [-0.39, 0.29) is 19.1 Å². The molecule has 0 radical (unpaired) electrons. The van der Waals surface area contributed by atoms with Gasteiger partial charge in [-0.1, -0.05) is 17.4 Å². The van der Waals surface area contributed by atoms with Crippen LogP contribution in [0, 0.1) is 0 Å². The normalized spacial score (nSPS) is 11.9. The first-order valence-corrected chi connectivity index (χ1v) is 7.25. The highest BCUT2D eigenvalue weighted by atomic mass is 32.1. The Morgan fingerprint density at radius 2 is 2.40 bits per heavy atom. The van der Waals surface area contributed by atoms with Crippen molar-refractivity contribution in [1.82, 2.24) is 10.3 Å². The summed E-state index contributed by atoms with van der Waals surface area (Å²) in [6.07, 6.45) is 5.20. The maximum absolute atomic E-state index is 11.8. The number of carbonyl (C=O) groups is 1. The van der Waals surface area contributed by atoms with E-state index in [4.69, 9.17) is 14.9 Å². The van der Waals surface area contributed by atoms with Crippen molar-refractivity contribution in [2.75, 3.05) is 19.8 Å². The van der Waals surface area contributed by atoms with Crippen molar-refractivity contribution in [3.63, 3.8) is 0 Å². The van der Waals surface area contributed by atoms with E-state index < -0.39 is 6.10 Å². The second-order valence-electron chi connectivity index (χ2n) is 4.18. The predicted molar refractivity (Wildman–Crippen MR) is 77.1 cm³/mol. The van der Waals surface area contributed by atoms with Crippen molar-refractivity contribution in [1.29, 1.82) is 0 Å². The topological polar surface area (TPSA) is 91.7 Å². The molecule has 1 unspecified atom stereocenters. The lowest BCUT2D eigenvalue weighted by Gasteiger charge is -2.06. The summed E-state index contributed by atoms with van der Waals surface area (Å²) < 4.78 is 5.15. The molecule has 0 saturated carbocycles. The van der Waals surface area contributed by atoms with E-state index in [9.17, 15) is 4.79 Å². The molecule has 0 spiro atoms. The molecule has 1 aromatic rings. The van der Waals surface area contributed by atoms with Crippen LogP contribution in [-0.2, 0) is 0 Å². The largest absolute Gasteiger partial charge is 0.467 e. The molecule has 1 atom stereocenters. The van der Waals surface area contributed by atoms with Crippen molar-refractivity contribution < 1.29 is 19.7 Å². The van der Waals surface area contributed by atoms with E-state index in [1.165, 1.54) is 6.20 Å². The van der Waals surface area contributed by atoms with E-state index in [0.29, 0.717) is 16.6 Å². The van der Waals surface area contributed by atoms with Crippen LogP contribution in [0.4, 0.5) is 0 Å². The summed E-state index contributed by atoms with van der Waals surface area (Å²) in [5.41, 5.74) is 0. The maximum atomic E-state index is 11.8. The van der Waals surface area contributed by atoms with Crippen molar-refractivity contribution in [3.8, 4) is 5.19 Å². The molecule has 0 aromatic carbocycles. The number of carbonyl (C=O) groups excluding carboxylic acids is 1. The number of rotatable bonds is 10. The van der Waals surface area contributed by atoms with Gasteiger partial charge in [0.1, 0.15) is 17.6 Å². The van der Waals surface area contributed by atoms with Gasteiger partial charge in [0.15, 0.2) is 0 Å². The van der Waals surface area contributed by atoms with Crippen molar-refractivity contribution in [2.45, 2.75) is 25.4 Å². The highest BCUT2D eigenvalue weighted by Crippen LogP contribution is 2.20. The van der Waals surface area contributed by atoms with Crippen LogP contribution in [-0.4, -0.2) is 47.0 Å². The van der Waals surface area contributed by atoms with Gasteiger partial charge in [0.2, 0.25) is 0 Å². The van der Waals surface area contributed by atoms with Gasteiger partial charge in [0, 0.05) is 6.54 Å². The lowest BCUT2D eigenvalue weighted by atomic mass is 10.2. The molecule has 1 rings (SSSR count). The summed E-state index contributed by atoms with van der Waals surface area (Å²) in [6, 6.07) is 0. The van der Waals surface area contributed by atoms with Crippen molar-refractivity contribution in [2.24, 2.45) is 0 Å². The number of thiazole rings is 1. The van der Waals surface area contributed by atoms with E-state index in [0.717, 1.165) is 30.6 Å². The van der Waals surface area contributed by atoms with Crippen LogP contribution >= 0.6 is 11.3 Å². The summed E-state index contributed by atoms with van der Waals surface area (Å²) in [6.45, 7) is 3.83. The second-order valence-corrected chi connectivity index (χ2v) is 5.17. The summed E-state index contributed by atoms with van der Waals surface area (Å²) in [7, 11) is 0. The Balaban J connectivity index is 2.30. The Morgan fingerprint density at radius 1 is 1.60 bits per heavy atom. The molecule has 1 amide bonds. The van der Waals surface area contributed by atoms with Gasteiger partial charge < -0.3 is 20.3 Å². The van der Waals surface area contributed by atoms with Gasteiger partial charge in [-0.25, -0.2) is 4.98 Å². The number of amides is 1. The minimum atomic E-state index is -0.943. The second kappa shape index (κ2) is 9.46. The minimum Gasteiger partial charge on any atom is -0.467 e. The SMILES string of the molecule is C=CCCCCNC(=O)c1cnc(OCC(O)CO)s1. The average Bonchev–Trinajstić information content (AvgIpc) is 2.93. The molecule has 1 aromatic heterocycles. The van der Waals surface area contributed by atoms with Gasteiger partial charge in [-0.3, -0.25) is 4.79 Å². The zero-order valence-corrected chi connectivity index (χ0v) is 12.1. The fourth-order valence-electron chi connectivity index (χ4n) is 1.35. The molecule has 0 aliphatic carbocycles. The third-order valence-corrected chi connectivity index (χ3v) is 3.35. The fourth-order valence-corrected chi connectivity index (χ4v) is 2.04. The summed E-state index contributed by atoms with van der Waals surface area (Å²) in [4.78, 5) is 16.2. The number of allylic oxidation sites excluding steroid dienone is 1. The van der Waals surface area contributed by atoms with Crippen LogP contribution in [0.1, 0.15) is 28.9 Å². The highest BCUT2D eigenvalue weighted by Gasteiger charge is 2.12. The lowest BCUT2D eigenvalue weighted by Crippen LogP contribution is -2.23. The number of nitrogens with one attached hydrogen (secondary N) is 1. The first-order chi connectivity index (χ1) is 9.67. The quantitative estimate of drug-likeness (QED) is 0.442. The summed E-state index contributed by atoms with van der Waals surface area (Å²) in [5, 5.41) is 20.9. The molecule has 0 aliphatic rings. The fraction of sp³-hybridized carbons (Fsp3) is 0.538. The third kappa shape index (κ3) is 6.14. The molecule has 6 nitrogen and oxygen atoms in total. The Hall–Kier alpha value is -1.44. The Morgan fingerprint density at radius 3 is 3.10 bits per heavy atom. The van der Waals surface area contributed by atoms with Crippen molar-refractivity contribution in [3.05, 3.63) is 23.7 Å². The van der Waals surface area contributed by atoms with Gasteiger partial charge in [-0.15, -0.1) is 6.58 Å². The highest BCUT2D eigenvalue weighted by molar-refractivity contribution is 7.15. The monoisotopic (exact) mass is 300 g/mol. The van der Waals surface area contributed by atoms with Crippen LogP contribution < -0.4 is 10.1 Å². The zero-order valence-electron chi connectivity index (χ0n) is 11.2. The van der Waals surface area contributed by atoms with Gasteiger partial charge in [-0.2, -0.15) is 0 Å². The van der Waals surface area contributed by atoms with Gasteiger partial charge >= 0.3 is 0 Å². The maximum Gasteiger partial charge on any atom is 0.273 e. The first kappa shape index (κ1) is 16.6. The average molecular weight is 300 g/mol. The van der Waals surface area contributed by atoms with Crippen LogP contribution in [0.2, 0.25) is 0 Å². The Labute approximate surface area is 122 Å². The van der Waals surface area contributed by atoms with Crippen LogP contribution in [0.25, 0.3) is 0 Å². The Bertz CT molecular complexity index is 422. The number of unbranched alkanes of at least 4 members (excludes halogenated alkanes) is 2. The number of aromatic nitrogens is 1. The lowest BCUT2D eigenvalue weighted by molar-refractivity contribution is 0.0535. The molecular formula is C13H20N2O4S. The molecule has 112 valence electrons. The van der Waals surface area contributed by atoms with E-state index in [2.05, 4.69) is 16.9 Å². The molecular weight excluding hydrogens is 280 g/mol. The summed E-state index contributed by atoms with van der Waals surface area (Å²) in [5.74, 6) is -0.182. The molecule has 0 bridgehead atoms. The van der Waals surface area contributed by atoms with Gasteiger partial charge in [0.05, 0.1) is 12.8 Å². The zero-order chi connectivity index (χ0) is 14.8. The third-order valence-electron chi connectivity index (χ3n) is 2.44. The first-order valence-electron chi connectivity index (χ1n) is 6.44. The van der Waals surface area contributed by atoms with Crippen LogP contribution in [0.3, 0.4) is 0 Å². The Kier molecular flexibility index (Phi) is 7.86. The molecule has 0 saturated heterocycles. The molecule has 20 heavy (non-hydrogen) atoms. The van der Waals surface area contributed by atoms with Crippen LogP contribution in [0.5, 0.6) is 5.19 Å². The molecule has 0 fully saturated rings. The van der Waals surface area contributed by atoms with Gasteiger partial charge in [0.25, 0.3) is 11.1 Å². The molecule has 7 heteroatoms. The number of aliphatic hydroxyl groups excluding tert-OH is 2. The number of aliphatic hydroxyl groups is 2. The van der Waals surface area contributed by atoms with Crippen LogP contribution in [0.15, 0.2) is 18.9 Å².